The van der Waals surface area contributed by atoms with Gasteiger partial charge >= 0.3 is 0 Å². The molecule has 18 heavy (non-hydrogen) atoms. The fraction of sp³-hybridized carbons (Fsp3) is 0.929. The van der Waals surface area contributed by atoms with Crippen molar-refractivity contribution in [2.24, 2.45) is 0 Å². The molecule has 104 valence electrons. The van der Waals surface area contributed by atoms with Gasteiger partial charge in [-0.3, -0.25) is 0 Å². The van der Waals surface area contributed by atoms with Crippen LogP contribution in [0, 0.1) is 11.3 Å². The fourth-order valence-corrected chi connectivity index (χ4v) is 2.39. The van der Waals surface area contributed by atoms with Gasteiger partial charge in [0.25, 0.3) is 0 Å². The van der Waals surface area contributed by atoms with E-state index in [0.29, 0.717) is 6.42 Å². The Labute approximate surface area is 112 Å². The molecule has 1 heterocycles. The van der Waals surface area contributed by atoms with Crippen molar-refractivity contribution in [3.8, 4) is 6.07 Å². The zero-order valence-electron chi connectivity index (χ0n) is 11.9. The van der Waals surface area contributed by atoms with Crippen LogP contribution in [0.2, 0.25) is 0 Å². The van der Waals surface area contributed by atoms with Crippen molar-refractivity contribution in [2.75, 3.05) is 46.4 Å². The molecule has 4 heteroatoms. The normalized spacial score (nSPS) is 18.8. The lowest BCUT2D eigenvalue weighted by molar-refractivity contribution is 0.0278. The first-order valence-corrected chi connectivity index (χ1v) is 7.12. The molecule has 0 aromatic heterocycles. The molecule has 0 spiro atoms. The first-order valence-electron chi connectivity index (χ1n) is 7.12. The molecule has 1 aliphatic heterocycles. The quantitative estimate of drug-likeness (QED) is 0.660. The van der Waals surface area contributed by atoms with Crippen LogP contribution in [0.4, 0.5) is 0 Å². The van der Waals surface area contributed by atoms with Crippen LogP contribution in [0.5, 0.6) is 0 Å². The number of hydrogen-bond donors (Lipinski definition) is 0. The van der Waals surface area contributed by atoms with E-state index < -0.39 is 0 Å². The van der Waals surface area contributed by atoms with Crippen LogP contribution >= 0.6 is 0 Å². The SMILES string of the molecule is CC(CN(C)CCC#N)OCCN1CCCCC1. The second-order valence-corrected chi connectivity index (χ2v) is 5.25. The number of rotatable bonds is 8. The van der Waals surface area contributed by atoms with E-state index in [2.05, 4.69) is 22.8 Å². The summed E-state index contributed by atoms with van der Waals surface area (Å²) < 4.78 is 5.83. The van der Waals surface area contributed by atoms with Gasteiger partial charge in [0, 0.05) is 26.1 Å². The smallest absolute Gasteiger partial charge is 0.0674 e. The molecule has 0 N–H and O–H groups in total. The monoisotopic (exact) mass is 253 g/mol. The summed E-state index contributed by atoms with van der Waals surface area (Å²) in [5.74, 6) is 0. The molecule has 1 rings (SSSR count). The Kier molecular flexibility index (Phi) is 7.99. The molecular formula is C14H27N3O. The summed E-state index contributed by atoms with van der Waals surface area (Å²) in [6, 6.07) is 2.17. The predicted molar refractivity (Wildman–Crippen MR) is 73.4 cm³/mol. The topological polar surface area (TPSA) is 39.5 Å². The maximum absolute atomic E-state index is 8.52. The summed E-state index contributed by atoms with van der Waals surface area (Å²) in [6.07, 6.45) is 4.91. The third kappa shape index (κ3) is 6.95. The van der Waals surface area contributed by atoms with Gasteiger partial charge in [-0.2, -0.15) is 5.26 Å². The zero-order chi connectivity index (χ0) is 13.2. The van der Waals surface area contributed by atoms with Gasteiger partial charge in [-0.25, -0.2) is 0 Å². The fourth-order valence-electron chi connectivity index (χ4n) is 2.39. The van der Waals surface area contributed by atoms with E-state index in [4.69, 9.17) is 10.00 Å². The molecule has 1 fully saturated rings. The number of likely N-dealkylation sites (tertiary alicyclic amines) is 1. The van der Waals surface area contributed by atoms with Gasteiger partial charge in [-0.1, -0.05) is 6.42 Å². The van der Waals surface area contributed by atoms with Crippen LogP contribution in [-0.2, 0) is 4.74 Å². The molecule has 0 aromatic rings. The van der Waals surface area contributed by atoms with Crippen molar-refractivity contribution >= 4 is 0 Å². The van der Waals surface area contributed by atoms with Crippen molar-refractivity contribution in [1.29, 1.82) is 5.26 Å². The van der Waals surface area contributed by atoms with Gasteiger partial charge in [0.15, 0.2) is 0 Å². The van der Waals surface area contributed by atoms with Crippen molar-refractivity contribution in [3.63, 3.8) is 0 Å². The lowest BCUT2D eigenvalue weighted by Crippen LogP contribution is -2.35. The second-order valence-electron chi connectivity index (χ2n) is 5.25. The summed E-state index contributed by atoms with van der Waals surface area (Å²) in [7, 11) is 2.04. The number of piperidine rings is 1. The second kappa shape index (κ2) is 9.32. The highest BCUT2D eigenvalue weighted by atomic mass is 16.5. The minimum atomic E-state index is 0.249. The van der Waals surface area contributed by atoms with E-state index in [1.54, 1.807) is 0 Å². The third-order valence-corrected chi connectivity index (χ3v) is 3.43. The van der Waals surface area contributed by atoms with E-state index in [1.807, 2.05) is 7.05 Å². The third-order valence-electron chi connectivity index (χ3n) is 3.43. The first-order chi connectivity index (χ1) is 8.72. The van der Waals surface area contributed by atoms with E-state index in [9.17, 15) is 0 Å². The zero-order valence-corrected chi connectivity index (χ0v) is 11.9. The van der Waals surface area contributed by atoms with Crippen LogP contribution < -0.4 is 0 Å². The van der Waals surface area contributed by atoms with Crippen LogP contribution in [0.15, 0.2) is 0 Å². The molecule has 0 aliphatic carbocycles. The van der Waals surface area contributed by atoms with Crippen molar-refractivity contribution in [3.05, 3.63) is 0 Å². The summed E-state index contributed by atoms with van der Waals surface area (Å²) in [6.45, 7) is 8.20. The number of hydrogen-bond acceptors (Lipinski definition) is 4. The number of likely N-dealkylation sites (N-methyl/N-ethyl adjacent to an activating group) is 1. The predicted octanol–water partition coefficient (Wildman–Crippen LogP) is 1.72. The average molecular weight is 253 g/mol. The molecule has 0 radical (unpaired) electrons. The lowest BCUT2D eigenvalue weighted by atomic mass is 10.1. The average Bonchev–Trinajstić information content (AvgIpc) is 2.37. The van der Waals surface area contributed by atoms with Gasteiger partial charge in [0.1, 0.15) is 0 Å². The highest BCUT2D eigenvalue weighted by Crippen LogP contribution is 2.08. The number of nitriles is 1. The number of nitrogens with zero attached hydrogens (tertiary/aromatic N) is 3. The van der Waals surface area contributed by atoms with Gasteiger partial charge in [-0.15, -0.1) is 0 Å². The Morgan fingerprint density at radius 3 is 2.72 bits per heavy atom. The van der Waals surface area contributed by atoms with E-state index in [1.165, 1.54) is 32.4 Å². The van der Waals surface area contributed by atoms with Gasteiger partial charge < -0.3 is 14.5 Å². The Bertz CT molecular complexity index is 246. The minimum Gasteiger partial charge on any atom is -0.376 e. The van der Waals surface area contributed by atoms with E-state index >= 15 is 0 Å². The summed E-state index contributed by atoms with van der Waals surface area (Å²) in [5.41, 5.74) is 0. The molecule has 0 aromatic carbocycles. The largest absolute Gasteiger partial charge is 0.376 e. The standard InChI is InChI=1S/C14H27N3O/c1-14(13-16(2)8-6-7-15)18-12-11-17-9-4-3-5-10-17/h14H,3-6,8-13H2,1-2H3. The summed E-state index contributed by atoms with van der Waals surface area (Å²) in [5, 5.41) is 8.52. The van der Waals surface area contributed by atoms with Crippen molar-refractivity contribution in [2.45, 2.75) is 38.7 Å². The van der Waals surface area contributed by atoms with Crippen molar-refractivity contribution < 1.29 is 4.74 Å². The summed E-state index contributed by atoms with van der Waals surface area (Å²) >= 11 is 0. The Morgan fingerprint density at radius 2 is 2.06 bits per heavy atom. The van der Waals surface area contributed by atoms with Gasteiger partial charge in [-0.05, 0) is 39.9 Å². The highest BCUT2D eigenvalue weighted by Gasteiger charge is 2.11. The van der Waals surface area contributed by atoms with Crippen LogP contribution in [0.25, 0.3) is 0 Å². The molecule has 1 unspecified atom stereocenters. The minimum absolute atomic E-state index is 0.249. The first kappa shape index (κ1) is 15.4. The molecule has 1 atom stereocenters. The molecule has 4 nitrogen and oxygen atoms in total. The highest BCUT2D eigenvalue weighted by molar-refractivity contribution is 4.72. The molecule has 1 saturated heterocycles. The van der Waals surface area contributed by atoms with Crippen LogP contribution in [-0.4, -0.2) is 62.3 Å². The Balaban J connectivity index is 2.02. The van der Waals surface area contributed by atoms with Gasteiger partial charge in [0.2, 0.25) is 0 Å². The Morgan fingerprint density at radius 1 is 1.33 bits per heavy atom. The van der Waals surface area contributed by atoms with Crippen LogP contribution in [0.3, 0.4) is 0 Å². The molecular weight excluding hydrogens is 226 g/mol. The lowest BCUT2D eigenvalue weighted by Gasteiger charge is -2.27. The van der Waals surface area contributed by atoms with E-state index in [-0.39, 0.29) is 6.10 Å². The molecule has 1 aliphatic rings. The molecule has 0 saturated carbocycles. The van der Waals surface area contributed by atoms with Gasteiger partial charge in [0.05, 0.1) is 18.8 Å². The van der Waals surface area contributed by atoms with Crippen LogP contribution in [0.1, 0.15) is 32.6 Å². The Hall–Kier alpha value is -0.630. The number of ether oxygens (including phenoxy) is 1. The maximum Gasteiger partial charge on any atom is 0.0674 e. The molecule has 0 bridgehead atoms. The van der Waals surface area contributed by atoms with Crippen molar-refractivity contribution in [1.82, 2.24) is 9.80 Å². The maximum atomic E-state index is 8.52. The van der Waals surface area contributed by atoms with E-state index in [0.717, 1.165) is 26.2 Å². The molecule has 0 amide bonds. The summed E-state index contributed by atoms with van der Waals surface area (Å²) in [4.78, 5) is 4.66.